The van der Waals surface area contributed by atoms with Gasteiger partial charge in [-0.3, -0.25) is 4.79 Å². The van der Waals surface area contributed by atoms with E-state index in [2.05, 4.69) is 26.5 Å². The average molecular weight is 455 g/mol. The Kier molecular flexibility index (Phi) is 7.76. The highest BCUT2D eigenvalue weighted by Gasteiger charge is 2.20. The van der Waals surface area contributed by atoms with Gasteiger partial charge in [0.2, 0.25) is 5.91 Å². The number of halogens is 1. The van der Waals surface area contributed by atoms with Crippen molar-refractivity contribution in [3.63, 3.8) is 0 Å². The van der Waals surface area contributed by atoms with Gasteiger partial charge in [-0.05, 0) is 42.7 Å². The van der Waals surface area contributed by atoms with Crippen LogP contribution in [0.5, 0.6) is 5.75 Å². The first kappa shape index (κ1) is 21.0. The van der Waals surface area contributed by atoms with Crippen molar-refractivity contribution in [3.05, 3.63) is 70.2 Å². The van der Waals surface area contributed by atoms with Crippen molar-refractivity contribution in [3.8, 4) is 5.75 Å². The summed E-state index contributed by atoms with van der Waals surface area (Å²) in [6, 6.07) is 14.7. The molecular weight excluding hydrogens is 432 g/mol. The fraction of sp³-hybridized carbons (Fsp3) is 0.261. The molecule has 0 aromatic heterocycles. The Balaban J connectivity index is 1.63. The molecule has 2 aromatic carbocycles. The molecule has 0 bridgehead atoms. The summed E-state index contributed by atoms with van der Waals surface area (Å²) in [4.78, 5) is 24.4. The van der Waals surface area contributed by atoms with Gasteiger partial charge in [0, 0.05) is 22.0 Å². The van der Waals surface area contributed by atoms with Gasteiger partial charge >= 0.3 is 5.97 Å². The molecule has 0 unspecified atom stereocenters. The molecule has 29 heavy (non-hydrogen) atoms. The van der Waals surface area contributed by atoms with Crippen LogP contribution >= 0.6 is 15.9 Å². The smallest absolute Gasteiger partial charge is 0.336 e. The second-order valence-electron chi connectivity index (χ2n) is 6.92. The van der Waals surface area contributed by atoms with E-state index >= 15 is 0 Å². The first-order chi connectivity index (χ1) is 14.1. The lowest BCUT2D eigenvalue weighted by Crippen LogP contribution is -2.28. The van der Waals surface area contributed by atoms with Crippen LogP contribution in [0.25, 0.3) is 6.08 Å². The number of amides is 1. The standard InChI is InChI=1S/C23H23BrN2O3/c24-20-12-13-21(29-22(27)14-11-17-7-3-1-4-8-17)19(15-20)16-25-26-23(28)18-9-5-2-6-10-18/h1,3-4,7-8,11-16,18H,2,5-6,9-10H2,(H,26,28)/b14-11+,25-16-. The number of nitrogens with zero attached hydrogens (tertiary/aromatic N) is 1. The predicted molar refractivity (Wildman–Crippen MR) is 118 cm³/mol. The normalized spacial score (nSPS) is 14.9. The number of carbonyl (C=O) groups is 2. The molecule has 1 saturated carbocycles. The Morgan fingerprint density at radius 2 is 1.83 bits per heavy atom. The Hall–Kier alpha value is -2.73. The summed E-state index contributed by atoms with van der Waals surface area (Å²) in [7, 11) is 0. The minimum absolute atomic E-state index is 0.0313. The van der Waals surface area contributed by atoms with Gasteiger partial charge in [0.05, 0.1) is 6.21 Å². The molecule has 1 aliphatic carbocycles. The Bertz CT molecular complexity index is 904. The third-order valence-electron chi connectivity index (χ3n) is 4.75. The lowest BCUT2D eigenvalue weighted by atomic mass is 9.89. The van der Waals surface area contributed by atoms with Crippen LogP contribution < -0.4 is 10.2 Å². The fourth-order valence-corrected chi connectivity index (χ4v) is 3.58. The van der Waals surface area contributed by atoms with Crippen LogP contribution in [0.2, 0.25) is 0 Å². The maximum Gasteiger partial charge on any atom is 0.336 e. The lowest BCUT2D eigenvalue weighted by Gasteiger charge is -2.19. The van der Waals surface area contributed by atoms with E-state index in [0.29, 0.717) is 11.3 Å². The number of carbonyl (C=O) groups excluding carboxylic acids is 2. The van der Waals surface area contributed by atoms with Gasteiger partial charge < -0.3 is 4.74 Å². The number of nitrogens with one attached hydrogen (secondary N) is 1. The highest BCUT2D eigenvalue weighted by Crippen LogP contribution is 2.24. The van der Waals surface area contributed by atoms with E-state index in [9.17, 15) is 9.59 Å². The summed E-state index contributed by atoms with van der Waals surface area (Å²) in [6.45, 7) is 0. The van der Waals surface area contributed by atoms with E-state index in [4.69, 9.17) is 4.74 Å². The summed E-state index contributed by atoms with van der Waals surface area (Å²) in [6.07, 6.45) is 9.76. The van der Waals surface area contributed by atoms with Crippen LogP contribution in [0.15, 0.2) is 64.2 Å². The summed E-state index contributed by atoms with van der Waals surface area (Å²) in [5, 5.41) is 4.06. The molecule has 1 aliphatic rings. The lowest BCUT2D eigenvalue weighted by molar-refractivity contribution is -0.129. The van der Waals surface area contributed by atoms with Crippen molar-refractivity contribution in [1.29, 1.82) is 0 Å². The number of hydrogen-bond donors (Lipinski definition) is 1. The van der Waals surface area contributed by atoms with Crippen molar-refractivity contribution < 1.29 is 14.3 Å². The van der Waals surface area contributed by atoms with Gasteiger partial charge in [0.15, 0.2) is 0 Å². The maximum atomic E-state index is 12.2. The van der Waals surface area contributed by atoms with Crippen molar-refractivity contribution in [1.82, 2.24) is 5.43 Å². The van der Waals surface area contributed by atoms with Crippen LogP contribution in [-0.2, 0) is 9.59 Å². The fourth-order valence-electron chi connectivity index (χ4n) is 3.21. The number of esters is 1. The molecule has 0 spiro atoms. The Labute approximate surface area is 179 Å². The maximum absolute atomic E-state index is 12.2. The topological polar surface area (TPSA) is 67.8 Å². The molecule has 0 radical (unpaired) electrons. The SMILES string of the molecule is O=C(/C=C/c1ccccc1)Oc1ccc(Br)cc1/C=N\NC(=O)C1CCCCC1. The first-order valence-electron chi connectivity index (χ1n) is 9.69. The second kappa shape index (κ2) is 10.7. The monoisotopic (exact) mass is 454 g/mol. The van der Waals surface area contributed by atoms with Gasteiger partial charge in [-0.25, -0.2) is 10.2 Å². The zero-order chi connectivity index (χ0) is 20.5. The summed E-state index contributed by atoms with van der Waals surface area (Å²) < 4.78 is 6.26. The Morgan fingerprint density at radius 3 is 2.59 bits per heavy atom. The van der Waals surface area contributed by atoms with Gasteiger partial charge in [0.1, 0.15) is 5.75 Å². The minimum atomic E-state index is -0.489. The molecule has 0 atom stereocenters. The molecular formula is C23H23BrN2O3. The quantitative estimate of drug-likeness (QED) is 0.217. The van der Waals surface area contributed by atoms with Crippen molar-refractivity contribution in [2.24, 2.45) is 11.0 Å². The van der Waals surface area contributed by atoms with Crippen LogP contribution in [-0.4, -0.2) is 18.1 Å². The van der Waals surface area contributed by atoms with Gasteiger partial charge in [-0.15, -0.1) is 0 Å². The minimum Gasteiger partial charge on any atom is -0.423 e. The highest BCUT2D eigenvalue weighted by molar-refractivity contribution is 9.10. The zero-order valence-corrected chi connectivity index (χ0v) is 17.6. The summed E-state index contributed by atoms with van der Waals surface area (Å²) in [5.74, 6) is -0.146. The number of ether oxygens (including phenoxy) is 1. The van der Waals surface area contributed by atoms with Crippen LogP contribution in [0.4, 0.5) is 0 Å². The largest absolute Gasteiger partial charge is 0.423 e. The molecule has 150 valence electrons. The molecule has 1 N–H and O–H groups in total. The zero-order valence-electron chi connectivity index (χ0n) is 16.0. The average Bonchev–Trinajstić information content (AvgIpc) is 2.75. The summed E-state index contributed by atoms with van der Waals surface area (Å²) >= 11 is 3.40. The summed E-state index contributed by atoms with van der Waals surface area (Å²) in [5.41, 5.74) is 4.11. The van der Waals surface area contributed by atoms with Gasteiger partial charge in [-0.2, -0.15) is 5.10 Å². The van der Waals surface area contributed by atoms with E-state index in [0.717, 1.165) is 35.7 Å². The molecule has 5 nitrogen and oxygen atoms in total. The van der Waals surface area contributed by atoms with Crippen LogP contribution in [0.3, 0.4) is 0 Å². The van der Waals surface area contributed by atoms with Crippen LogP contribution in [0.1, 0.15) is 43.2 Å². The van der Waals surface area contributed by atoms with Crippen molar-refractivity contribution in [2.75, 3.05) is 0 Å². The molecule has 1 fully saturated rings. The number of hydrogen-bond acceptors (Lipinski definition) is 4. The molecule has 0 saturated heterocycles. The third-order valence-corrected chi connectivity index (χ3v) is 5.24. The van der Waals surface area contributed by atoms with Crippen molar-refractivity contribution in [2.45, 2.75) is 32.1 Å². The molecule has 6 heteroatoms. The van der Waals surface area contributed by atoms with Gasteiger partial charge in [-0.1, -0.05) is 65.5 Å². The van der Waals surface area contributed by atoms with E-state index in [1.807, 2.05) is 30.3 Å². The molecule has 2 aromatic rings. The van der Waals surface area contributed by atoms with E-state index in [-0.39, 0.29) is 11.8 Å². The molecule has 3 rings (SSSR count). The highest BCUT2D eigenvalue weighted by atomic mass is 79.9. The number of benzene rings is 2. The molecule has 0 heterocycles. The van der Waals surface area contributed by atoms with E-state index in [1.165, 1.54) is 18.7 Å². The number of hydrazone groups is 1. The number of rotatable bonds is 6. The Morgan fingerprint density at radius 1 is 1.07 bits per heavy atom. The van der Waals surface area contributed by atoms with Gasteiger partial charge in [0.25, 0.3) is 0 Å². The van der Waals surface area contributed by atoms with Crippen LogP contribution in [0, 0.1) is 5.92 Å². The third kappa shape index (κ3) is 6.68. The van der Waals surface area contributed by atoms with E-state index < -0.39 is 5.97 Å². The first-order valence-corrected chi connectivity index (χ1v) is 10.5. The second-order valence-corrected chi connectivity index (χ2v) is 7.83. The molecule has 0 aliphatic heterocycles. The van der Waals surface area contributed by atoms with Crippen molar-refractivity contribution >= 4 is 40.1 Å². The van der Waals surface area contributed by atoms with E-state index in [1.54, 1.807) is 24.3 Å². The predicted octanol–water partition coefficient (Wildman–Crippen LogP) is 5.10. The molecule has 1 amide bonds.